The average Bonchev–Trinajstić information content (AvgIpc) is 3.49. The van der Waals surface area contributed by atoms with Gasteiger partial charge >= 0.3 is 0 Å². The first-order valence-electron chi connectivity index (χ1n) is 20.1. The lowest BCUT2D eigenvalue weighted by Crippen LogP contribution is -2.16. The van der Waals surface area contributed by atoms with Crippen LogP contribution in [0.15, 0.2) is 194 Å². The van der Waals surface area contributed by atoms with Crippen LogP contribution >= 0.6 is 0 Å². The van der Waals surface area contributed by atoms with Gasteiger partial charge in [-0.3, -0.25) is 0 Å². The highest BCUT2D eigenvalue weighted by Gasteiger charge is 2.37. The van der Waals surface area contributed by atoms with Gasteiger partial charge < -0.3 is 0 Å². The van der Waals surface area contributed by atoms with E-state index in [1.54, 1.807) is 0 Å². The number of hydrogen-bond donors (Lipinski definition) is 0. The third kappa shape index (κ3) is 4.62. The van der Waals surface area contributed by atoms with E-state index in [2.05, 4.69) is 208 Å². The molecule has 0 saturated carbocycles. The summed E-state index contributed by atoms with van der Waals surface area (Å²) in [5.74, 6) is 0. The van der Waals surface area contributed by atoms with Crippen molar-refractivity contribution < 1.29 is 0 Å². The lowest BCUT2D eigenvalue weighted by atomic mass is 9.78. The molecule has 0 aliphatic heterocycles. The second-order valence-corrected chi connectivity index (χ2v) is 16.4. The monoisotopic (exact) mass is 722 g/mol. The van der Waals surface area contributed by atoms with Crippen molar-refractivity contribution in [2.45, 2.75) is 19.3 Å². The maximum absolute atomic E-state index is 2.44. The molecular formula is C57H38. The van der Waals surface area contributed by atoms with Crippen LogP contribution in [0.2, 0.25) is 0 Å². The van der Waals surface area contributed by atoms with Crippen LogP contribution in [-0.2, 0) is 5.41 Å². The number of hydrogen-bond acceptors (Lipinski definition) is 0. The molecule has 0 spiro atoms. The first kappa shape index (κ1) is 32.2. The van der Waals surface area contributed by atoms with Crippen LogP contribution in [-0.4, -0.2) is 0 Å². The van der Waals surface area contributed by atoms with Gasteiger partial charge in [-0.15, -0.1) is 0 Å². The van der Waals surface area contributed by atoms with Crippen molar-refractivity contribution in [1.82, 2.24) is 0 Å². The molecule has 0 saturated heterocycles. The number of rotatable bonds is 3. The fourth-order valence-corrected chi connectivity index (χ4v) is 10.4. The molecule has 266 valence electrons. The smallest absolute Gasteiger partial charge is 0.0165 e. The standard InChI is InChI=1S/C57H38/c1-57(2)52-34-39-16-4-3-15-38(39)32-50(52)49-25-13-24-42(56(49)57)36-26-29-37(30-27-36)53-45-20-9-11-22-47(45)55(48-23-12-10-21-46(48)53)51-33-40-31-28-35-14-5-6-17-41(35)54(40)44-19-8-7-18-43(44)51/h3-34H,1-2H3. The Labute approximate surface area is 332 Å². The summed E-state index contributed by atoms with van der Waals surface area (Å²) in [4.78, 5) is 0. The van der Waals surface area contributed by atoms with Gasteiger partial charge in [-0.05, 0) is 138 Å². The van der Waals surface area contributed by atoms with Crippen LogP contribution in [0.25, 0.3) is 109 Å². The molecule has 0 unspecified atom stereocenters. The van der Waals surface area contributed by atoms with Crippen molar-refractivity contribution in [2.24, 2.45) is 0 Å². The van der Waals surface area contributed by atoms with Crippen LogP contribution in [0, 0.1) is 0 Å². The van der Waals surface area contributed by atoms with Crippen LogP contribution in [0.3, 0.4) is 0 Å². The molecule has 0 bridgehead atoms. The van der Waals surface area contributed by atoms with Crippen LogP contribution < -0.4 is 0 Å². The van der Waals surface area contributed by atoms with Crippen molar-refractivity contribution in [3.05, 3.63) is 205 Å². The van der Waals surface area contributed by atoms with Crippen molar-refractivity contribution in [3.8, 4) is 44.5 Å². The lowest BCUT2D eigenvalue weighted by Gasteiger charge is -2.25. The summed E-state index contributed by atoms with van der Waals surface area (Å²) >= 11 is 0. The van der Waals surface area contributed by atoms with Crippen molar-refractivity contribution in [2.75, 3.05) is 0 Å². The van der Waals surface area contributed by atoms with E-state index in [4.69, 9.17) is 0 Å². The molecule has 12 rings (SSSR count). The largest absolute Gasteiger partial charge is 0.0616 e. The molecule has 57 heavy (non-hydrogen) atoms. The molecule has 0 aromatic heterocycles. The Bertz CT molecular complexity index is 3410. The fraction of sp³-hybridized carbons (Fsp3) is 0.0526. The first-order valence-corrected chi connectivity index (χ1v) is 20.1. The molecule has 0 N–H and O–H groups in total. The van der Waals surface area contributed by atoms with Gasteiger partial charge in [0.2, 0.25) is 0 Å². The zero-order valence-electron chi connectivity index (χ0n) is 32.0. The van der Waals surface area contributed by atoms with E-state index < -0.39 is 0 Å². The second kappa shape index (κ2) is 12.0. The molecule has 11 aromatic carbocycles. The minimum absolute atomic E-state index is 0.119. The van der Waals surface area contributed by atoms with E-state index in [9.17, 15) is 0 Å². The van der Waals surface area contributed by atoms with Gasteiger partial charge in [0, 0.05) is 5.41 Å². The molecular weight excluding hydrogens is 685 g/mol. The average molecular weight is 723 g/mol. The highest BCUT2D eigenvalue weighted by Crippen LogP contribution is 2.53. The molecule has 0 fully saturated rings. The molecule has 0 amide bonds. The highest BCUT2D eigenvalue weighted by molar-refractivity contribution is 6.28. The van der Waals surface area contributed by atoms with Gasteiger partial charge in [-0.25, -0.2) is 0 Å². The topological polar surface area (TPSA) is 0 Å². The van der Waals surface area contributed by atoms with E-state index in [0.717, 1.165) is 0 Å². The Hall–Kier alpha value is -7.02. The molecule has 0 nitrogen and oxygen atoms in total. The van der Waals surface area contributed by atoms with Crippen molar-refractivity contribution in [1.29, 1.82) is 0 Å². The molecule has 0 atom stereocenters. The summed E-state index contributed by atoms with van der Waals surface area (Å²) in [6.45, 7) is 4.79. The SMILES string of the molecule is CC1(C)c2cc3ccccc3cc2-c2cccc(-c3ccc(-c4c5ccccc5c(-c5cc6ccc7ccccc7c6c6ccccc56)c5ccccc45)cc3)c21. The van der Waals surface area contributed by atoms with Gasteiger partial charge in [0.05, 0.1) is 0 Å². The summed E-state index contributed by atoms with van der Waals surface area (Å²) in [5.41, 5.74) is 13.1. The van der Waals surface area contributed by atoms with Gasteiger partial charge in [0.15, 0.2) is 0 Å². The summed E-state index contributed by atoms with van der Waals surface area (Å²) in [5, 5.41) is 15.4. The third-order valence-corrected chi connectivity index (χ3v) is 13.0. The third-order valence-electron chi connectivity index (χ3n) is 13.0. The zero-order valence-corrected chi connectivity index (χ0v) is 32.0. The Morgan fingerprint density at radius 1 is 0.298 bits per heavy atom. The quantitative estimate of drug-likeness (QED) is 0.126. The minimum Gasteiger partial charge on any atom is -0.0616 e. The number of benzene rings is 11. The summed E-state index contributed by atoms with van der Waals surface area (Å²) in [6.07, 6.45) is 0. The normalized spacial score (nSPS) is 13.2. The van der Waals surface area contributed by atoms with E-state index in [0.29, 0.717) is 0 Å². The minimum atomic E-state index is -0.119. The number of fused-ring (bicyclic) bond motifs is 11. The Kier molecular flexibility index (Phi) is 6.78. The van der Waals surface area contributed by atoms with Crippen molar-refractivity contribution >= 4 is 64.6 Å². The van der Waals surface area contributed by atoms with E-state index >= 15 is 0 Å². The molecule has 11 aromatic rings. The second-order valence-electron chi connectivity index (χ2n) is 16.4. The zero-order chi connectivity index (χ0) is 37.8. The summed E-state index contributed by atoms with van der Waals surface area (Å²) in [7, 11) is 0. The highest BCUT2D eigenvalue weighted by atomic mass is 14.4. The van der Waals surface area contributed by atoms with Crippen LogP contribution in [0.5, 0.6) is 0 Å². The Morgan fingerprint density at radius 2 is 0.789 bits per heavy atom. The molecule has 1 aliphatic rings. The Balaban J connectivity index is 1.05. The lowest BCUT2D eigenvalue weighted by molar-refractivity contribution is 0.663. The predicted octanol–water partition coefficient (Wildman–Crippen LogP) is 15.9. The van der Waals surface area contributed by atoms with E-state index in [-0.39, 0.29) is 5.41 Å². The van der Waals surface area contributed by atoms with Crippen LogP contribution in [0.1, 0.15) is 25.0 Å². The van der Waals surface area contributed by atoms with E-state index in [1.807, 2.05) is 0 Å². The molecule has 0 heteroatoms. The van der Waals surface area contributed by atoms with Gasteiger partial charge in [-0.2, -0.15) is 0 Å². The predicted molar refractivity (Wildman–Crippen MR) is 245 cm³/mol. The fourth-order valence-electron chi connectivity index (χ4n) is 10.4. The van der Waals surface area contributed by atoms with Gasteiger partial charge in [0.1, 0.15) is 0 Å². The molecule has 1 aliphatic carbocycles. The summed E-state index contributed by atoms with van der Waals surface area (Å²) in [6, 6.07) is 72.7. The van der Waals surface area contributed by atoms with Gasteiger partial charge in [-0.1, -0.05) is 190 Å². The maximum atomic E-state index is 2.44. The van der Waals surface area contributed by atoms with Crippen molar-refractivity contribution in [3.63, 3.8) is 0 Å². The van der Waals surface area contributed by atoms with Gasteiger partial charge in [0.25, 0.3) is 0 Å². The Morgan fingerprint density at radius 3 is 1.47 bits per heavy atom. The van der Waals surface area contributed by atoms with Crippen LogP contribution in [0.4, 0.5) is 0 Å². The van der Waals surface area contributed by atoms with E-state index in [1.165, 1.54) is 120 Å². The molecule has 0 radical (unpaired) electrons. The first-order chi connectivity index (χ1) is 28.0. The summed E-state index contributed by atoms with van der Waals surface area (Å²) < 4.78 is 0. The molecule has 0 heterocycles. The maximum Gasteiger partial charge on any atom is 0.0165 e.